The van der Waals surface area contributed by atoms with E-state index in [1.165, 1.54) is 27.5 Å². The van der Waals surface area contributed by atoms with E-state index in [0.717, 1.165) is 77.9 Å². The minimum absolute atomic E-state index is 0.855. The maximum atomic E-state index is 6.96. The Bertz CT molecular complexity index is 3310. The smallest absolute Gasteiger partial charge is 0.145 e. The minimum Gasteiger partial charge on any atom is -0.455 e. The zero-order valence-corrected chi connectivity index (χ0v) is 32.9. The third-order valence-electron chi connectivity index (χ3n) is 11.7. The summed E-state index contributed by atoms with van der Waals surface area (Å²) in [6.45, 7) is 0. The van der Waals surface area contributed by atoms with Gasteiger partial charge in [-0.2, -0.15) is 0 Å². The van der Waals surface area contributed by atoms with Crippen LogP contribution in [0, 0.1) is 0 Å². The lowest BCUT2D eigenvalue weighted by Crippen LogP contribution is -2.13. The highest BCUT2D eigenvalue weighted by atomic mass is 16.3. The highest BCUT2D eigenvalue weighted by molar-refractivity contribution is 6.18. The van der Waals surface area contributed by atoms with Gasteiger partial charge in [0, 0.05) is 22.1 Å². The van der Waals surface area contributed by atoms with Crippen LogP contribution in [0.4, 0.5) is 17.1 Å². The number of fused-ring (bicyclic) bond motifs is 4. The summed E-state index contributed by atoms with van der Waals surface area (Å²) in [6.07, 6.45) is 0. The molecule has 0 aliphatic rings. The molecule has 1 aromatic heterocycles. The van der Waals surface area contributed by atoms with Crippen molar-refractivity contribution in [3.05, 3.63) is 237 Å². The van der Waals surface area contributed by atoms with Crippen molar-refractivity contribution in [1.29, 1.82) is 0 Å². The van der Waals surface area contributed by atoms with Crippen molar-refractivity contribution >= 4 is 49.8 Å². The van der Waals surface area contributed by atoms with E-state index in [1.54, 1.807) is 0 Å². The Morgan fingerprint density at radius 1 is 0.283 bits per heavy atom. The van der Waals surface area contributed by atoms with Crippen LogP contribution in [0.5, 0.6) is 0 Å². The molecular formula is C58H39NO. The first-order valence-electron chi connectivity index (χ1n) is 20.5. The average molecular weight is 766 g/mol. The van der Waals surface area contributed by atoms with Crippen LogP contribution in [0.1, 0.15) is 0 Å². The van der Waals surface area contributed by atoms with Crippen molar-refractivity contribution in [2.24, 2.45) is 0 Å². The number of hydrogen-bond donors (Lipinski definition) is 0. The maximum Gasteiger partial charge on any atom is 0.145 e. The lowest BCUT2D eigenvalue weighted by molar-refractivity contribution is 0.670. The van der Waals surface area contributed by atoms with Crippen LogP contribution in [-0.4, -0.2) is 0 Å². The monoisotopic (exact) mass is 765 g/mol. The van der Waals surface area contributed by atoms with Gasteiger partial charge in [-0.3, -0.25) is 0 Å². The topological polar surface area (TPSA) is 16.4 Å². The third-order valence-corrected chi connectivity index (χ3v) is 11.7. The van der Waals surface area contributed by atoms with E-state index in [-0.39, 0.29) is 0 Å². The number of furan rings is 1. The van der Waals surface area contributed by atoms with Gasteiger partial charge in [0.15, 0.2) is 0 Å². The second kappa shape index (κ2) is 15.1. The van der Waals surface area contributed by atoms with E-state index in [9.17, 15) is 0 Å². The molecule has 0 amide bonds. The molecule has 0 spiro atoms. The van der Waals surface area contributed by atoms with Gasteiger partial charge in [-0.25, -0.2) is 0 Å². The van der Waals surface area contributed by atoms with Crippen LogP contribution in [0.2, 0.25) is 0 Å². The zero-order chi connectivity index (χ0) is 39.8. The predicted octanol–water partition coefficient (Wildman–Crippen LogP) is 16.5. The molecule has 2 nitrogen and oxygen atoms in total. The van der Waals surface area contributed by atoms with E-state index in [4.69, 9.17) is 4.42 Å². The number of para-hydroxylation sites is 2. The Morgan fingerprint density at radius 3 is 1.62 bits per heavy atom. The maximum absolute atomic E-state index is 6.96. The SMILES string of the molecule is c1ccc(-c2cccc(-c3ccccc3N(c3ccc(-c4ccccc4)cc3-c3ccccc3)c3ccc(-c4ccc5ccccc5c4)c4oc5ccccc5c34)c2)cc1. The fourth-order valence-electron chi connectivity index (χ4n) is 8.77. The molecule has 2 heteroatoms. The van der Waals surface area contributed by atoms with Crippen molar-refractivity contribution in [2.45, 2.75) is 0 Å². The Morgan fingerprint density at radius 2 is 0.833 bits per heavy atom. The molecule has 0 aliphatic heterocycles. The number of benzene rings is 10. The molecule has 0 atom stereocenters. The summed E-state index contributed by atoms with van der Waals surface area (Å²) in [7, 11) is 0. The first-order chi connectivity index (χ1) is 29.8. The summed E-state index contributed by atoms with van der Waals surface area (Å²) < 4.78 is 6.96. The van der Waals surface area contributed by atoms with Gasteiger partial charge in [-0.15, -0.1) is 0 Å². The third kappa shape index (κ3) is 6.32. The molecule has 0 saturated carbocycles. The Labute approximate surface area is 349 Å². The van der Waals surface area contributed by atoms with Crippen LogP contribution in [-0.2, 0) is 0 Å². The molecule has 0 radical (unpaired) electrons. The van der Waals surface area contributed by atoms with Crippen molar-refractivity contribution in [1.82, 2.24) is 0 Å². The second-order valence-corrected chi connectivity index (χ2v) is 15.3. The van der Waals surface area contributed by atoms with E-state index < -0.39 is 0 Å². The van der Waals surface area contributed by atoms with Crippen molar-refractivity contribution in [3.63, 3.8) is 0 Å². The first-order valence-corrected chi connectivity index (χ1v) is 20.5. The van der Waals surface area contributed by atoms with Crippen LogP contribution < -0.4 is 4.90 Å². The lowest BCUT2D eigenvalue weighted by atomic mass is 9.93. The van der Waals surface area contributed by atoms with Crippen molar-refractivity contribution < 1.29 is 4.42 Å². The summed E-state index contributed by atoms with van der Waals surface area (Å²) in [5.74, 6) is 0. The highest BCUT2D eigenvalue weighted by Crippen LogP contribution is 2.51. The number of rotatable bonds is 8. The highest BCUT2D eigenvalue weighted by Gasteiger charge is 2.26. The van der Waals surface area contributed by atoms with Crippen LogP contribution in [0.25, 0.3) is 88.3 Å². The zero-order valence-electron chi connectivity index (χ0n) is 32.9. The van der Waals surface area contributed by atoms with Crippen LogP contribution in [0.3, 0.4) is 0 Å². The van der Waals surface area contributed by atoms with E-state index in [2.05, 4.69) is 241 Å². The van der Waals surface area contributed by atoms with Gasteiger partial charge >= 0.3 is 0 Å². The first kappa shape index (κ1) is 35.2. The van der Waals surface area contributed by atoms with Crippen LogP contribution >= 0.6 is 0 Å². The Kier molecular flexibility index (Phi) is 8.87. The normalized spacial score (nSPS) is 11.3. The summed E-state index contributed by atoms with van der Waals surface area (Å²) in [5.41, 5.74) is 16.3. The van der Waals surface area contributed by atoms with Gasteiger partial charge in [0.2, 0.25) is 0 Å². The Balaban J connectivity index is 1.21. The molecule has 0 unspecified atom stereocenters. The fourth-order valence-corrected chi connectivity index (χ4v) is 8.77. The largest absolute Gasteiger partial charge is 0.455 e. The van der Waals surface area contributed by atoms with Gasteiger partial charge in [-0.05, 0) is 98.2 Å². The number of anilines is 3. The molecule has 60 heavy (non-hydrogen) atoms. The van der Waals surface area contributed by atoms with Crippen LogP contribution in [0.15, 0.2) is 241 Å². The molecule has 282 valence electrons. The van der Waals surface area contributed by atoms with Gasteiger partial charge in [0.25, 0.3) is 0 Å². The van der Waals surface area contributed by atoms with E-state index in [1.807, 2.05) is 0 Å². The molecule has 11 aromatic rings. The average Bonchev–Trinajstić information content (AvgIpc) is 3.73. The van der Waals surface area contributed by atoms with Gasteiger partial charge < -0.3 is 9.32 Å². The molecule has 0 saturated heterocycles. The number of hydrogen-bond acceptors (Lipinski definition) is 2. The molecule has 10 aromatic carbocycles. The lowest BCUT2D eigenvalue weighted by Gasteiger charge is -2.31. The van der Waals surface area contributed by atoms with Gasteiger partial charge in [0.1, 0.15) is 11.2 Å². The standard InChI is InChI=1S/C58H39NO/c1-4-17-40(18-5-1)45-25-16-26-47(37-45)49-27-12-14-29-53(49)59(54-35-33-46(41-19-6-2-7-20-41)39-52(54)43-22-8-3-9-23-43)55-36-34-50(48-32-31-42-21-10-11-24-44(42)38-48)58-57(55)51-28-13-15-30-56(51)60-58/h1-39H. The van der Waals surface area contributed by atoms with Gasteiger partial charge in [0.05, 0.1) is 22.4 Å². The molecule has 0 fully saturated rings. The minimum atomic E-state index is 0.855. The number of nitrogens with zero attached hydrogens (tertiary/aromatic N) is 1. The van der Waals surface area contributed by atoms with E-state index in [0.29, 0.717) is 0 Å². The molecule has 0 N–H and O–H groups in total. The summed E-state index contributed by atoms with van der Waals surface area (Å²) in [6, 6.07) is 84.9. The van der Waals surface area contributed by atoms with Crippen molar-refractivity contribution in [3.8, 4) is 55.6 Å². The predicted molar refractivity (Wildman–Crippen MR) is 253 cm³/mol. The summed E-state index contributed by atoms with van der Waals surface area (Å²) >= 11 is 0. The second-order valence-electron chi connectivity index (χ2n) is 15.3. The summed E-state index contributed by atoms with van der Waals surface area (Å²) in [4.78, 5) is 2.47. The molecule has 1 heterocycles. The fraction of sp³-hybridized carbons (Fsp3) is 0. The van der Waals surface area contributed by atoms with Crippen molar-refractivity contribution in [2.75, 3.05) is 4.90 Å². The van der Waals surface area contributed by atoms with Gasteiger partial charge in [-0.1, -0.05) is 188 Å². The molecule has 11 rings (SSSR count). The molecule has 0 bridgehead atoms. The van der Waals surface area contributed by atoms with E-state index >= 15 is 0 Å². The molecule has 0 aliphatic carbocycles. The quantitative estimate of drug-likeness (QED) is 0.153. The molecular weight excluding hydrogens is 727 g/mol. The Hall–Kier alpha value is -7.94. The summed E-state index contributed by atoms with van der Waals surface area (Å²) in [5, 5.41) is 4.55.